The highest BCUT2D eigenvalue weighted by Gasteiger charge is 2.28. The fraction of sp³-hybridized carbons (Fsp3) is 0.556. The average Bonchev–Trinajstić information content (AvgIpc) is 2.78. The molecule has 4 heteroatoms. The van der Waals surface area contributed by atoms with E-state index in [0.717, 1.165) is 32.1 Å². The predicted octanol–water partition coefficient (Wildman–Crippen LogP) is 7.32. The number of hydrogen-bond donors (Lipinski definition) is 1. The Morgan fingerprint density at radius 1 is 0.935 bits per heavy atom. The smallest absolute Gasteiger partial charge is 0.201 e. The summed E-state index contributed by atoms with van der Waals surface area (Å²) in [4.78, 5) is 0. The molecule has 0 heterocycles. The van der Waals surface area contributed by atoms with Crippen molar-refractivity contribution in [1.29, 1.82) is 0 Å². The van der Waals surface area contributed by atoms with Crippen LogP contribution in [0.2, 0.25) is 0 Å². The lowest BCUT2D eigenvalue weighted by Crippen LogP contribution is -2.29. The van der Waals surface area contributed by atoms with Gasteiger partial charge in [0.15, 0.2) is 11.6 Å². The molecule has 1 N–H and O–H groups in total. The molecule has 0 aromatic heterocycles. The number of aryl methyl sites for hydroxylation is 1. The molecule has 170 valence electrons. The number of rotatable bonds is 10. The number of aliphatic hydroxyl groups is 1. The number of unbranched alkanes of at least 4 members (excludes halogenated alkanes) is 2. The lowest BCUT2D eigenvalue weighted by Gasteiger charge is -2.33. The van der Waals surface area contributed by atoms with Gasteiger partial charge in [0.2, 0.25) is 5.82 Å². The number of hydrogen-bond acceptors (Lipinski definition) is 2. The standard InChI is InChI=1S/C27H36F2O2/c1-3-5-6-7-22-15-12-20(18-24(22)30)9-8-19-10-13-21(14-11-19)23-16-17-25(31-4-2)27(29)26(23)28/h10-11,13-14,16-17,20,22,24,30H,3-9,12,15,18H2,1-2H3. The van der Waals surface area contributed by atoms with Crippen molar-refractivity contribution in [3.63, 3.8) is 0 Å². The maximum absolute atomic E-state index is 14.5. The summed E-state index contributed by atoms with van der Waals surface area (Å²) in [5.74, 6) is -0.820. The Balaban J connectivity index is 1.53. The summed E-state index contributed by atoms with van der Waals surface area (Å²) in [5, 5.41) is 10.5. The zero-order valence-corrected chi connectivity index (χ0v) is 18.9. The van der Waals surface area contributed by atoms with Gasteiger partial charge in [-0.2, -0.15) is 4.39 Å². The Kier molecular flexibility index (Phi) is 8.89. The summed E-state index contributed by atoms with van der Waals surface area (Å²) in [6, 6.07) is 10.7. The van der Waals surface area contributed by atoms with Gasteiger partial charge in [0.05, 0.1) is 12.7 Å². The van der Waals surface area contributed by atoms with Crippen molar-refractivity contribution < 1.29 is 18.6 Å². The maximum Gasteiger partial charge on any atom is 0.201 e. The van der Waals surface area contributed by atoms with Gasteiger partial charge in [-0.05, 0) is 80.5 Å². The molecule has 0 amide bonds. The third kappa shape index (κ3) is 6.29. The molecule has 0 aliphatic heterocycles. The molecule has 1 aliphatic carbocycles. The average molecular weight is 431 g/mol. The Labute approximate surface area is 185 Å². The van der Waals surface area contributed by atoms with Gasteiger partial charge >= 0.3 is 0 Å². The van der Waals surface area contributed by atoms with Crippen molar-refractivity contribution >= 4 is 0 Å². The fourth-order valence-electron chi connectivity index (χ4n) is 4.79. The van der Waals surface area contributed by atoms with Gasteiger partial charge in [-0.3, -0.25) is 0 Å². The highest BCUT2D eigenvalue weighted by atomic mass is 19.2. The summed E-state index contributed by atoms with van der Waals surface area (Å²) in [6.07, 6.45) is 9.96. The summed E-state index contributed by atoms with van der Waals surface area (Å²) in [6.45, 7) is 4.25. The van der Waals surface area contributed by atoms with E-state index in [0.29, 0.717) is 24.0 Å². The molecule has 1 aliphatic rings. The molecule has 2 nitrogen and oxygen atoms in total. The molecule has 2 aromatic carbocycles. The minimum Gasteiger partial charge on any atom is -0.491 e. The SMILES string of the molecule is CCCCCC1CCC(CCc2ccc(-c3ccc(OCC)c(F)c3F)cc2)CC1O. The monoisotopic (exact) mass is 430 g/mol. The van der Waals surface area contributed by atoms with Crippen LogP contribution < -0.4 is 4.74 Å². The molecule has 3 unspecified atom stereocenters. The Morgan fingerprint density at radius 3 is 2.39 bits per heavy atom. The number of halogens is 2. The molecule has 1 fully saturated rings. The Hall–Kier alpha value is -1.94. The number of ether oxygens (including phenoxy) is 1. The van der Waals surface area contributed by atoms with E-state index in [9.17, 15) is 13.9 Å². The first-order valence-corrected chi connectivity index (χ1v) is 11.9. The third-order valence-corrected chi connectivity index (χ3v) is 6.70. The molecule has 3 rings (SSSR count). The van der Waals surface area contributed by atoms with Crippen molar-refractivity contribution in [2.45, 2.75) is 77.7 Å². The summed E-state index contributed by atoms with van der Waals surface area (Å²) in [7, 11) is 0. The molecule has 1 saturated carbocycles. The predicted molar refractivity (Wildman–Crippen MR) is 122 cm³/mol. The number of aliphatic hydroxyl groups excluding tert-OH is 1. The highest BCUT2D eigenvalue weighted by molar-refractivity contribution is 5.65. The quantitative estimate of drug-likeness (QED) is 0.400. The second kappa shape index (κ2) is 11.6. The largest absolute Gasteiger partial charge is 0.491 e. The highest BCUT2D eigenvalue weighted by Crippen LogP contribution is 2.35. The van der Waals surface area contributed by atoms with E-state index in [1.165, 1.54) is 37.3 Å². The molecule has 0 bridgehead atoms. The van der Waals surface area contributed by atoms with Crippen LogP contribution in [-0.2, 0) is 6.42 Å². The van der Waals surface area contributed by atoms with Crippen molar-refractivity contribution in [3.8, 4) is 16.9 Å². The van der Waals surface area contributed by atoms with Crippen LogP contribution in [0.25, 0.3) is 11.1 Å². The van der Waals surface area contributed by atoms with E-state index < -0.39 is 11.6 Å². The molecular weight excluding hydrogens is 394 g/mol. The van der Waals surface area contributed by atoms with E-state index in [2.05, 4.69) is 6.92 Å². The minimum absolute atomic E-state index is 0.0531. The van der Waals surface area contributed by atoms with Gasteiger partial charge in [-0.25, -0.2) is 4.39 Å². The summed E-state index contributed by atoms with van der Waals surface area (Å²) >= 11 is 0. The lowest BCUT2D eigenvalue weighted by molar-refractivity contribution is 0.0376. The zero-order chi connectivity index (χ0) is 22.2. The lowest BCUT2D eigenvalue weighted by atomic mass is 9.76. The van der Waals surface area contributed by atoms with Crippen LogP contribution in [0.3, 0.4) is 0 Å². The van der Waals surface area contributed by atoms with Crippen LogP contribution in [0.1, 0.15) is 70.8 Å². The van der Waals surface area contributed by atoms with Gasteiger partial charge in [-0.1, -0.05) is 50.5 Å². The van der Waals surface area contributed by atoms with Crippen molar-refractivity contribution in [1.82, 2.24) is 0 Å². The molecular formula is C27H36F2O2. The van der Waals surface area contributed by atoms with E-state index in [4.69, 9.17) is 4.74 Å². The van der Waals surface area contributed by atoms with Gasteiger partial charge in [-0.15, -0.1) is 0 Å². The van der Waals surface area contributed by atoms with Crippen LogP contribution in [0, 0.1) is 23.5 Å². The van der Waals surface area contributed by atoms with Gasteiger partial charge in [0.1, 0.15) is 0 Å². The van der Waals surface area contributed by atoms with Gasteiger partial charge in [0, 0.05) is 5.56 Å². The first kappa shape index (κ1) is 23.7. The first-order valence-electron chi connectivity index (χ1n) is 11.9. The van der Waals surface area contributed by atoms with Gasteiger partial charge < -0.3 is 9.84 Å². The number of benzene rings is 2. The van der Waals surface area contributed by atoms with Crippen LogP contribution >= 0.6 is 0 Å². The second-order valence-electron chi connectivity index (χ2n) is 8.91. The molecule has 0 saturated heterocycles. The molecule has 3 atom stereocenters. The van der Waals surface area contributed by atoms with Crippen LogP contribution in [0.15, 0.2) is 36.4 Å². The van der Waals surface area contributed by atoms with Gasteiger partial charge in [0.25, 0.3) is 0 Å². The van der Waals surface area contributed by atoms with Crippen LogP contribution in [0.4, 0.5) is 8.78 Å². The second-order valence-corrected chi connectivity index (χ2v) is 8.91. The Morgan fingerprint density at radius 2 is 1.71 bits per heavy atom. The molecule has 0 radical (unpaired) electrons. The molecule has 2 aromatic rings. The first-order chi connectivity index (χ1) is 15.0. The molecule has 0 spiro atoms. The topological polar surface area (TPSA) is 29.5 Å². The van der Waals surface area contributed by atoms with Crippen LogP contribution in [0.5, 0.6) is 5.75 Å². The third-order valence-electron chi connectivity index (χ3n) is 6.70. The van der Waals surface area contributed by atoms with Crippen molar-refractivity contribution in [2.75, 3.05) is 6.61 Å². The van der Waals surface area contributed by atoms with E-state index in [1.807, 2.05) is 24.3 Å². The molecule has 31 heavy (non-hydrogen) atoms. The maximum atomic E-state index is 14.5. The van der Waals surface area contributed by atoms with Crippen molar-refractivity contribution in [3.05, 3.63) is 53.6 Å². The Bertz CT molecular complexity index is 819. The van der Waals surface area contributed by atoms with Crippen molar-refractivity contribution in [2.24, 2.45) is 11.8 Å². The zero-order valence-electron chi connectivity index (χ0n) is 18.9. The summed E-state index contributed by atoms with van der Waals surface area (Å²) in [5.41, 5.74) is 2.10. The normalized spacial score (nSPS) is 21.3. The van der Waals surface area contributed by atoms with Crippen LogP contribution in [-0.4, -0.2) is 17.8 Å². The van der Waals surface area contributed by atoms with E-state index in [-0.39, 0.29) is 17.4 Å². The fourth-order valence-corrected chi connectivity index (χ4v) is 4.79. The summed E-state index contributed by atoms with van der Waals surface area (Å²) < 4.78 is 33.7. The van der Waals surface area contributed by atoms with E-state index in [1.54, 1.807) is 13.0 Å². The van der Waals surface area contributed by atoms with E-state index >= 15 is 0 Å². The minimum atomic E-state index is -0.938.